The third-order valence-electron chi connectivity index (χ3n) is 3.32. The lowest BCUT2D eigenvalue weighted by molar-refractivity contribution is -0.137. The van der Waals surface area contributed by atoms with Crippen LogP contribution in [0.25, 0.3) is 0 Å². The van der Waals surface area contributed by atoms with Gasteiger partial charge in [0.25, 0.3) is 5.91 Å². The number of aliphatic hydroxyl groups is 1. The summed E-state index contributed by atoms with van der Waals surface area (Å²) in [5, 5.41) is 14.0. The Hall–Kier alpha value is -0.590. The van der Waals surface area contributed by atoms with Crippen molar-refractivity contribution in [1.29, 1.82) is 0 Å². The SMILES string of the molecule is CCc1nc(CCNC(=O)C2(O)CCSC2)sc1C. The van der Waals surface area contributed by atoms with Crippen molar-refractivity contribution in [2.24, 2.45) is 0 Å². The zero-order chi connectivity index (χ0) is 13.9. The maximum absolute atomic E-state index is 11.9. The maximum Gasteiger partial charge on any atom is 0.252 e. The zero-order valence-electron chi connectivity index (χ0n) is 11.4. The number of aryl methyl sites for hydroxylation is 2. The van der Waals surface area contributed by atoms with Gasteiger partial charge in [-0.2, -0.15) is 11.8 Å². The van der Waals surface area contributed by atoms with Crippen LogP contribution in [0.4, 0.5) is 0 Å². The van der Waals surface area contributed by atoms with Gasteiger partial charge in [0.1, 0.15) is 0 Å². The Bertz CT molecular complexity index is 453. The van der Waals surface area contributed by atoms with Crippen molar-refractivity contribution < 1.29 is 9.90 Å². The number of amides is 1. The molecule has 0 aromatic carbocycles. The highest BCUT2D eigenvalue weighted by Crippen LogP contribution is 2.27. The van der Waals surface area contributed by atoms with Crippen molar-refractivity contribution in [2.75, 3.05) is 18.1 Å². The molecule has 0 aliphatic carbocycles. The first-order chi connectivity index (χ1) is 9.05. The molecule has 1 atom stereocenters. The number of nitrogens with one attached hydrogen (secondary N) is 1. The standard InChI is InChI=1S/C13H20N2O2S2/c1-3-10-9(2)19-11(15-10)4-6-14-12(16)13(17)5-7-18-8-13/h17H,3-8H2,1-2H3,(H,14,16). The van der Waals surface area contributed by atoms with Crippen molar-refractivity contribution in [1.82, 2.24) is 10.3 Å². The van der Waals surface area contributed by atoms with E-state index >= 15 is 0 Å². The highest BCUT2D eigenvalue weighted by molar-refractivity contribution is 7.99. The first-order valence-corrected chi connectivity index (χ1v) is 8.56. The van der Waals surface area contributed by atoms with Crippen molar-refractivity contribution in [2.45, 2.75) is 38.7 Å². The molecule has 1 aliphatic rings. The lowest BCUT2D eigenvalue weighted by Crippen LogP contribution is -2.47. The topological polar surface area (TPSA) is 62.2 Å². The summed E-state index contributed by atoms with van der Waals surface area (Å²) in [4.78, 5) is 17.7. The fourth-order valence-corrected chi connectivity index (χ4v) is 4.36. The van der Waals surface area contributed by atoms with Crippen molar-refractivity contribution >= 4 is 29.0 Å². The Morgan fingerprint density at radius 2 is 2.37 bits per heavy atom. The number of hydrogen-bond acceptors (Lipinski definition) is 5. The predicted molar refractivity (Wildman–Crippen MR) is 79.8 cm³/mol. The van der Waals surface area contributed by atoms with Gasteiger partial charge in [-0.1, -0.05) is 6.92 Å². The zero-order valence-corrected chi connectivity index (χ0v) is 13.0. The molecule has 1 aromatic rings. The van der Waals surface area contributed by atoms with Gasteiger partial charge in [-0.15, -0.1) is 11.3 Å². The molecule has 1 fully saturated rings. The number of rotatable bonds is 5. The van der Waals surface area contributed by atoms with Crippen molar-refractivity contribution in [3.05, 3.63) is 15.6 Å². The van der Waals surface area contributed by atoms with E-state index < -0.39 is 5.60 Å². The van der Waals surface area contributed by atoms with Gasteiger partial charge < -0.3 is 10.4 Å². The second kappa shape index (κ2) is 6.24. The van der Waals surface area contributed by atoms with Gasteiger partial charge in [0, 0.05) is 23.6 Å². The minimum absolute atomic E-state index is 0.235. The van der Waals surface area contributed by atoms with E-state index in [2.05, 4.69) is 24.1 Å². The largest absolute Gasteiger partial charge is 0.379 e. The normalized spacial score (nSPS) is 22.7. The van der Waals surface area contributed by atoms with E-state index in [1.807, 2.05) is 0 Å². The Kier molecular flexibility index (Phi) is 4.86. The average molecular weight is 300 g/mol. The van der Waals surface area contributed by atoms with Crippen LogP contribution < -0.4 is 5.32 Å². The Balaban J connectivity index is 1.81. The molecule has 0 saturated carbocycles. The van der Waals surface area contributed by atoms with Crippen LogP contribution in [0.2, 0.25) is 0 Å². The minimum atomic E-state index is -1.15. The van der Waals surface area contributed by atoms with E-state index in [-0.39, 0.29) is 5.91 Å². The quantitative estimate of drug-likeness (QED) is 0.866. The van der Waals surface area contributed by atoms with Gasteiger partial charge in [-0.25, -0.2) is 4.98 Å². The summed E-state index contributed by atoms with van der Waals surface area (Å²) in [6.45, 7) is 4.72. The molecule has 2 heterocycles. The molecule has 0 radical (unpaired) electrons. The van der Waals surface area contributed by atoms with Gasteiger partial charge in [0.05, 0.1) is 10.7 Å². The highest BCUT2D eigenvalue weighted by Gasteiger charge is 2.39. The molecule has 1 aliphatic heterocycles. The number of thiazole rings is 1. The number of hydrogen-bond donors (Lipinski definition) is 2. The second-order valence-electron chi connectivity index (χ2n) is 4.80. The van der Waals surface area contributed by atoms with E-state index in [1.165, 1.54) is 4.88 Å². The monoisotopic (exact) mass is 300 g/mol. The van der Waals surface area contributed by atoms with E-state index in [0.29, 0.717) is 18.7 Å². The average Bonchev–Trinajstić information content (AvgIpc) is 2.96. The molecular weight excluding hydrogens is 280 g/mol. The van der Waals surface area contributed by atoms with Crippen LogP contribution >= 0.6 is 23.1 Å². The molecule has 0 spiro atoms. The summed E-state index contributed by atoms with van der Waals surface area (Å²) >= 11 is 3.32. The molecular formula is C13H20N2O2S2. The predicted octanol–water partition coefficient (Wildman–Crippen LogP) is 1.54. The van der Waals surface area contributed by atoms with E-state index in [1.54, 1.807) is 23.1 Å². The molecule has 1 aromatic heterocycles. The molecule has 1 amide bonds. The molecule has 1 unspecified atom stereocenters. The van der Waals surface area contributed by atoms with Gasteiger partial charge in [0.2, 0.25) is 0 Å². The Morgan fingerprint density at radius 3 is 2.95 bits per heavy atom. The van der Waals surface area contributed by atoms with E-state index in [0.717, 1.165) is 29.3 Å². The van der Waals surface area contributed by atoms with Crippen LogP contribution in [-0.4, -0.2) is 39.6 Å². The van der Waals surface area contributed by atoms with Crippen LogP contribution in [0.1, 0.15) is 28.9 Å². The maximum atomic E-state index is 11.9. The van der Waals surface area contributed by atoms with Crippen LogP contribution in [0.5, 0.6) is 0 Å². The third kappa shape index (κ3) is 3.49. The summed E-state index contributed by atoms with van der Waals surface area (Å²) in [7, 11) is 0. The molecule has 2 N–H and O–H groups in total. The first-order valence-electron chi connectivity index (χ1n) is 6.59. The Morgan fingerprint density at radius 1 is 1.58 bits per heavy atom. The lowest BCUT2D eigenvalue weighted by atomic mass is 10.0. The number of thioether (sulfide) groups is 1. The fourth-order valence-electron chi connectivity index (χ4n) is 2.10. The van der Waals surface area contributed by atoms with Gasteiger partial charge in [-0.3, -0.25) is 4.79 Å². The summed E-state index contributed by atoms with van der Waals surface area (Å²) in [5.74, 6) is 1.13. The van der Waals surface area contributed by atoms with Crippen LogP contribution in [0.3, 0.4) is 0 Å². The van der Waals surface area contributed by atoms with Crippen molar-refractivity contribution in [3.63, 3.8) is 0 Å². The third-order valence-corrected chi connectivity index (χ3v) is 5.57. The molecule has 4 nitrogen and oxygen atoms in total. The number of nitrogens with zero attached hydrogens (tertiary/aromatic N) is 1. The second-order valence-corrected chi connectivity index (χ2v) is 7.20. The summed E-state index contributed by atoms with van der Waals surface area (Å²) in [6.07, 6.45) is 2.24. The van der Waals surface area contributed by atoms with Gasteiger partial charge in [0.15, 0.2) is 5.60 Å². The smallest absolute Gasteiger partial charge is 0.252 e. The number of carbonyl (C=O) groups is 1. The summed E-state index contributed by atoms with van der Waals surface area (Å²) in [6, 6.07) is 0. The summed E-state index contributed by atoms with van der Waals surface area (Å²) in [5.41, 5.74) is -0.00458. The molecule has 1 saturated heterocycles. The summed E-state index contributed by atoms with van der Waals surface area (Å²) < 4.78 is 0. The van der Waals surface area contributed by atoms with E-state index in [9.17, 15) is 9.90 Å². The fraction of sp³-hybridized carbons (Fsp3) is 0.692. The number of carbonyl (C=O) groups excluding carboxylic acids is 1. The van der Waals surface area contributed by atoms with Crippen LogP contribution in [0, 0.1) is 6.92 Å². The van der Waals surface area contributed by atoms with Gasteiger partial charge in [-0.05, 0) is 25.5 Å². The minimum Gasteiger partial charge on any atom is -0.379 e. The first kappa shape index (κ1) is 14.8. The Labute approximate surface area is 122 Å². The van der Waals surface area contributed by atoms with Crippen molar-refractivity contribution in [3.8, 4) is 0 Å². The molecule has 6 heteroatoms. The van der Waals surface area contributed by atoms with Gasteiger partial charge >= 0.3 is 0 Å². The molecule has 0 bridgehead atoms. The molecule has 2 rings (SSSR count). The van der Waals surface area contributed by atoms with Crippen LogP contribution in [-0.2, 0) is 17.6 Å². The van der Waals surface area contributed by atoms with E-state index in [4.69, 9.17) is 0 Å². The number of aromatic nitrogens is 1. The molecule has 19 heavy (non-hydrogen) atoms. The molecule has 106 valence electrons. The van der Waals surface area contributed by atoms with Crippen LogP contribution in [0.15, 0.2) is 0 Å². The highest BCUT2D eigenvalue weighted by atomic mass is 32.2. The lowest BCUT2D eigenvalue weighted by Gasteiger charge is -2.19.